The van der Waals surface area contributed by atoms with E-state index < -0.39 is 54.2 Å². The zero-order valence-corrected chi connectivity index (χ0v) is 27.0. The molecular formula is C22H36N2O14S4. The summed E-state index contributed by atoms with van der Waals surface area (Å²) in [6.45, 7) is 3.50. The highest BCUT2D eigenvalue weighted by atomic mass is 32.2. The maximum absolute atomic E-state index is 11.9. The summed E-state index contributed by atoms with van der Waals surface area (Å²) in [5.74, 6) is -4.78. The van der Waals surface area contributed by atoms with Crippen molar-refractivity contribution in [3.05, 3.63) is 0 Å². The van der Waals surface area contributed by atoms with Gasteiger partial charge in [0.15, 0.2) is 0 Å². The number of nitrogens with zero attached hydrogens (tertiary/aromatic N) is 2. The second kappa shape index (κ2) is 22.0. The van der Waals surface area contributed by atoms with E-state index in [-0.39, 0.29) is 36.2 Å². The van der Waals surface area contributed by atoms with Gasteiger partial charge in [0.25, 0.3) is 0 Å². The first kappa shape index (κ1) is 39.4. The van der Waals surface area contributed by atoms with Crippen molar-refractivity contribution in [1.82, 2.24) is 0 Å². The van der Waals surface area contributed by atoms with E-state index in [1.54, 1.807) is 13.8 Å². The van der Waals surface area contributed by atoms with E-state index in [0.717, 1.165) is 14.2 Å². The molecule has 0 bridgehead atoms. The van der Waals surface area contributed by atoms with Crippen LogP contribution in [-0.4, -0.2) is 101 Å². The third-order valence-corrected chi connectivity index (χ3v) is 8.37. The Balaban J connectivity index is 4.47. The summed E-state index contributed by atoms with van der Waals surface area (Å²) in [6, 6.07) is 0. The molecule has 0 aromatic rings. The van der Waals surface area contributed by atoms with Crippen LogP contribution in [0.5, 0.6) is 0 Å². The Morgan fingerprint density at radius 2 is 0.976 bits per heavy atom. The largest absolute Gasteiger partial charge is 0.465 e. The number of esters is 4. The first-order chi connectivity index (χ1) is 19.8. The summed E-state index contributed by atoms with van der Waals surface area (Å²) < 4.78 is 74.9. The van der Waals surface area contributed by atoms with E-state index in [0.29, 0.717) is 62.0 Å². The fourth-order valence-corrected chi connectivity index (χ4v) is 5.39. The predicted molar refractivity (Wildman–Crippen MR) is 155 cm³/mol. The van der Waals surface area contributed by atoms with Crippen LogP contribution in [0.15, 0.2) is 10.3 Å². The highest BCUT2D eigenvalue weighted by Gasteiger charge is 2.21. The highest BCUT2D eigenvalue weighted by molar-refractivity contribution is 8.16. The van der Waals surface area contributed by atoms with Crippen LogP contribution >= 0.6 is 23.5 Å². The molecule has 0 saturated carbocycles. The van der Waals surface area contributed by atoms with Gasteiger partial charge in [-0.3, -0.25) is 18.2 Å². The lowest BCUT2D eigenvalue weighted by molar-refractivity contribution is -0.142. The third-order valence-electron chi connectivity index (χ3n) is 4.40. The molecule has 0 spiro atoms. The average Bonchev–Trinajstić information content (AvgIpc) is 2.95. The Morgan fingerprint density at radius 1 is 0.619 bits per heavy atom. The van der Waals surface area contributed by atoms with E-state index >= 15 is 0 Å². The number of hydrogen-bond acceptors (Lipinski definition) is 18. The van der Waals surface area contributed by atoms with Gasteiger partial charge < -0.3 is 18.9 Å². The maximum atomic E-state index is 11.9. The summed E-state index contributed by atoms with van der Waals surface area (Å²) in [5.41, 5.74) is 0. The topological polar surface area (TPSA) is 217 Å². The van der Waals surface area contributed by atoms with Gasteiger partial charge in [0.2, 0.25) is 10.1 Å². The van der Waals surface area contributed by atoms with Crippen LogP contribution in [0.2, 0.25) is 0 Å². The number of thioether (sulfide) groups is 2. The SMILES string of the molecule is CCCCS(=O)(=O)O/N=C(\SCC(=O)OCCCCOC(=O)CS/C(=N\OS(=O)(=O)CCCC)C(=O)OC)C(=O)OC. The van der Waals surface area contributed by atoms with E-state index in [1.165, 1.54) is 0 Å². The van der Waals surface area contributed by atoms with Crippen LogP contribution in [0.1, 0.15) is 52.4 Å². The first-order valence-corrected chi connectivity index (χ1v) is 17.6. The monoisotopic (exact) mass is 680 g/mol. The van der Waals surface area contributed by atoms with Crippen molar-refractivity contribution < 1.29 is 63.5 Å². The summed E-state index contributed by atoms with van der Waals surface area (Å²) in [5, 5.41) is 5.62. The number of carbonyl (C=O) groups is 4. The molecule has 0 aliphatic carbocycles. The number of carbonyl (C=O) groups excluding carboxylic acids is 4. The second-order valence-corrected chi connectivity index (χ2v) is 13.2. The van der Waals surface area contributed by atoms with Crippen LogP contribution in [0.3, 0.4) is 0 Å². The van der Waals surface area contributed by atoms with Crippen molar-refractivity contribution in [3.8, 4) is 0 Å². The van der Waals surface area contributed by atoms with E-state index in [9.17, 15) is 36.0 Å². The minimum absolute atomic E-state index is 0.0404. The number of oxime groups is 2. The Bertz CT molecular complexity index is 1060. The lowest BCUT2D eigenvalue weighted by atomic mass is 10.3. The van der Waals surface area contributed by atoms with Gasteiger partial charge in [-0.25, -0.2) is 9.59 Å². The fraction of sp³-hybridized carbons (Fsp3) is 0.727. The van der Waals surface area contributed by atoms with Crippen molar-refractivity contribution in [2.24, 2.45) is 10.3 Å². The highest BCUT2D eigenvalue weighted by Crippen LogP contribution is 2.11. The zero-order valence-electron chi connectivity index (χ0n) is 23.7. The molecule has 42 heavy (non-hydrogen) atoms. The Hall–Kier alpha value is -2.58. The Labute approximate surface area is 253 Å². The fourth-order valence-electron chi connectivity index (χ4n) is 2.23. The van der Waals surface area contributed by atoms with Gasteiger partial charge in [-0.2, -0.15) is 16.8 Å². The normalized spacial score (nSPS) is 12.3. The van der Waals surface area contributed by atoms with Gasteiger partial charge in [-0.15, -0.1) is 0 Å². The van der Waals surface area contributed by atoms with Gasteiger partial charge in [-0.1, -0.05) is 60.5 Å². The van der Waals surface area contributed by atoms with Crippen LogP contribution in [0, 0.1) is 0 Å². The van der Waals surface area contributed by atoms with Gasteiger partial charge in [-0.05, 0) is 25.7 Å². The van der Waals surface area contributed by atoms with Crippen molar-refractivity contribution in [2.45, 2.75) is 52.4 Å². The molecule has 242 valence electrons. The van der Waals surface area contributed by atoms with Gasteiger partial charge in [0.1, 0.15) is 0 Å². The molecule has 0 heterocycles. The van der Waals surface area contributed by atoms with Gasteiger partial charge in [0, 0.05) is 0 Å². The summed E-state index contributed by atoms with van der Waals surface area (Å²) >= 11 is 1.15. The number of unbranched alkanes of at least 4 members (excludes halogenated alkanes) is 3. The van der Waals surface area contributed by atoms with Crippen molar-refractivity contribution >= 4 is 77.7 Å². The van der Waals surface area contributed by atoms with Crippen LogP contribution in [0.4, 0.5) is 0 Å². The number of methoxy groups -OCH3 is 2. The van der Waals surface area contributed by atoms with Gasteiger partial charge in [0.05, 0.1) is 50.4 Å². The number of hydrogen-bond donors (Lipinski definition) is 0. The minimum atomic E-state index is -3.99. The molecule has 0 amide bonds. The summed E-state index contributed by atoms with van der Waals surface area (Å²) in [7, 11) is -5.87. The molecule has 0 aliphatic heterocycles. The molecule has 0 rings (SSSR count). The van der Waals surface area contributed by atoms with Crippen molar-refractivity contribution in [2.75, 3.05) is 50.4 Å². The molecule has 0 aromatic heterocycles. The summed E-state index contributed by atoms with van der Waals surface area (Å²) in [4.78, 5) is 47.4. The molecule has 16 nitrogen and oxygen atoms in total. The predicted octanol–water partition coefficient (Wildman–Crippen LogP) is 1.59. The minimum Gasteiger partial charge on any atom is -0.465 e. The smallest absolute Gasteiger partial charge is 0.366 e. The van der Waals surface area contributed by atoms with Crippen molar-refractivity contribution in [3.63, 3.8) is 0 Å². The standard InChI is InChI=1S/C22H36N2O14S4/c1-5-7-13-41(29,30)37-23-19(21(27)33-3)39-15-17(25)35-11-9-10-12-36-18(26)16-40-20(22(28)34-4)24-38-42(31,32)14-8-6-2/h5-16H2,1-4H3/b23-19-,24-20-. The number of ether oxygens (including phenoxy) is 4. The molecule has 0 atom stereocenters. The molecule has 0 saturated heterocycles. The molecule has 0 unspecified atom stereocenters. The van der Waals surface area contributed by atoms with Crippen LogP contribution in [-0.2, 0) is 66.9 Å². The van der Waals surface area contributed by atoms with Gasteiger partial charge >= 0.3 is 44.1 Å². The maximum Gasteiger partial charge on any atom is 0.366 e. The molecule has 20 heteroatoms. The van der Waals surface area contributed by atoms with Crippen LogP contribution < -0.4 is 0 Å². The lowest BCUT2D eigenvalue weighted by Crippen LogP contribution is -2.18. The molecule has 0 fully saturated rings. The number of rotatable bonds is 19. The zero-order chi connectivity index (χ0) is 32.0. The summed E-state index contributed by atoms with van der Waals surface area (Å²) in [6.07, 6.45) is 2.53. The molecule has 0 radical (unpaired) electrons. The van der Waals surface area contributed by atoms with E-state index in [2.05, 4.69) is 28.4 Å². The van der Waals surface area contributed by atoms with E-state index in [1.807, 2.05) is 0 Å². The first-order valence-electron chi connectivity index (χ1n) is 12.5. The van der Waals surface area contributed by atoms with Crippen molar-refractivity contribution in [1.29, 1.82) is 0 Å². The molecular weight excluding hydrogens is 645 g/mol. The Kier molecular flexibility index (Phi) is 20.7. The third kappa shape index (κ3) is 19.5. The second-order valence-electron chi connectivity index (χ2n) is 7.88. The quantitative estimate of drug-likeness (QED) is 0.0472. The molecule has 0 N–H and O–H groups in total. The lowest BCUT2D eigenvalue weighted by Gasteiger charge is -2.07. The Morgan fingerprint density at radius 3 is 1.29 bits per heavy atom. The molecule has 0 aliphatic rings. The van der Waals surface area contributed by atoms with E-state index in [4.69, 9.17) is 9.47 Å². The molecule has 0 aromatic carbocycles. The average molecular weight is 681 g/mol. The van der Waals surface area contributed by atoms with Crippen LogP contribution in [0.25, 0.3) is 0 Å².